The number of aromatic nitrogens is 4. The third kappa shape index (κ3) is 2.16. The zero-order valence-corrected chi connectivity index (χ0v) is 12.2. The number of H-pyrrole nitrogens is 1. The van der Waals surface area contributed by atoms with Crippen LogP contribution in [0.1, 0.15) is 24.7 Å². The predicted octanol–water partition coefficient (Wildman–Crippen LogP) is 2.81. The Labute approximate surface area is 123 Å². The Kier molecular flexibility index (Phi) is 2.89. The van der Waals surface area contributed by atoms with Gasteiger partial charge in [0.25, 0.3) is 5.56 Å². The van der Waals surface area contributed by atoms with Crippen molar-refractivity contribution in [3.05, 3.63) is 40.0 Å². The lowest BCUT2D eigenvalue weighted by Crippen LogP contribution is -2.09. The van der Waals surface area contributed by atoms with Crippen LogP contribution in [-0.4, -0.2) is 19.5 Å². The number of hydrogen-bond donors (Lipinski definition) is 1. The van der Waals surface area contributed by atoms with E-state index in [2.05, 4.69) is 19.5 Å². The van der Waals surface area contributed by atoms with Crippen LogP contribution in [0.5, 0.6) is 0 Å². The second kappa shape index (κ2) is 4.75. The van der Waals surface area contributed by atoms with E-state index in [0.717, 1.165) is 10.7 Å². The third-order valence-corrected chi connectivity index (χ3v) is 5.17. The Bertz CT molecular complexity index is 815. The highest BCUT2D eigenvalue weighted by Crippen LogP contribution is 2.38. The molecule has 0 unspecified atom stereocenters. The lowest BCUT2D eigenvalue weighted by Gasteiger charge is -2.05. The van der Waals surface area contributed by atoms with E-state index >= 15 is 0 Å². The summed E-state index contributed by atoms with van der Waals surface area (Å²) in [4.78, 5) is 23.6. The number of rotatable bonds is 4. The highest BCUT2D eigenvalue weighted by atomic mass is 32.2. The van der Waals surface area contributed by atoms with E-state index < -0.39 is 0 Å². The van der Waals surface area contributed by atoms with E-state index in [1.807, 2.05) is 23.8 Å². The van der Waals surface area contributed by atoms with E-state index in [0.29, 0.717) is 22.3 Å². The molecule has 4 rings (SSSR count). The van der Waals surface area contributed by atoms with Gasteiger partial charge in [0.1, 0.15) is 10.5 Å². The number of fused-ring (bicyclic) bond motifs is 1. The second-order valence-electron chi connectivity index (χ2n) is 4.78. The summed E-state index contributed by atoms with van der Waals surface area (Å²) < 4.78 is 2.91. The standard InChI is InChI=1S/C13H12N4OS2/c18-12-11-9(3-6-19-11)15-10(16-12)7-20-13-14-4-5-17(13)8-1-2-8/h3-6,8H,1-2,7H2,(H,15,16,18). The van der Waals surface area contributed by atoms with Crippen molar-refractivity contribution in [2.45, 2.75) is 29.8 Å². The molecule has 0 spiro atoms. The topological polar surface area (TPSA) is 63.6 Å². The van der Waals surface area contributed by atoms with E-state index in [-0.39, 0.29) is 5.56 Å². The average molecular weight is 304 g/mol. The molecule has 0 atom stereocenters. The van der Waals surface area contributed by atoms with Crippen molar-refractivity contribution >= 4 is 33.3 Å². The van der Waals surface area contributed by atoms with Crippen molar-refractivity contribution in [1.82, 2.24) is 19.5 Å². The molecule has 102 valence electrons. The highest BCUT2D eigenvalue weighted by molar-refractivity contribution is 7.98. The minimum absolute atomic E-state index is 0.0499. The van der Waals surface area contributed by atoms with Crippen LogP contribution in [0.4, 0.5) is 0 Å². The molecule has 0 aromatic carbocycles. The average Bonchev–Trinajstić information content (AvgIpc) is 3.00. The van der Waals surface area contributed by atoms with Crippen LogP contribution in [0, 0.1) is 0 Å². The first-order valence-corrected chi connectivity index (χ1v) is 8.30. The Morgan fingerprint density at radius 1 is 1.50 bits per heavy atom. The van der Waals surface area contributed by atoms with Crippen LogP contribution >= 0.6 is 23.1 Å². The van der Waals surface area contributed by atoms with Crippen molar-refractivity contribution in [2.75, 3.05) is 0 Å². The number of hydrogen-bond acceptors (Lipinski definition) is 5. The molecule has 0 radical (unpaired) electrons. The van der Waals surface area contributed by atoms with Gasteiger partial charge in [0.05, 0.1) is 11.3 Å². The number of aromatic amines is 1. The summed E-state index contributed by atoms with van der Waals surface area (Å²) in [6, 6.07) is 2.50. The molecular formula is C13H12N4OS2. The van der Waals surface area contributed by atoms with E-state index in [1.54, 1.807) is 11.8 Å². The van der Waals surface area contributed by atoms with E-state index in [1.165, 1.54) is 24.2 Å². The summed E-state index contributed by atoms with van der Waals surface area (Å²) in [5.74, 6) is 1.33. The summed E-state index contributed by atoms with van der Waals surface area (Å²) in [6.07, 6.45) is 6.33. The maximum Gasteiger partial charge on any atom is 0.268 e. The fraction of sp³-hybridized carbons (Fsp3) is 0.308. The zero-order valence-electron chi connectivity index (χ0n) is 10.6. The summed E-state index contributed by atoms with van der Waals surface area (Å²) in [5.41, 5.74) is 0.728. The summed E-state index contributed by atoms with van der Waals surface area (Å²) >= 11 is 3.04. The SMILES string of the molecule is O=c1[nH]c(CSc2nccn2C2CC2)nc2ccsc12. The van der Waals surface area contributed by atoms with Crippen LogP contribution in [-0.2, 0) is 5.75 Å². The summed E-state index contributed by atoms with van der Waals surface area (Å²) in [6.45, 7) is 0. The first-order valence-electron chi connectivity index (χ1n) is 6.43. The number of thiophene rings is 1. The first kappa shape index (κ1) is 12.2. The molecule has 0 amide bonds. The van der Waals surface area contributed by atoms with Crippen molar-refractivity contribution < 1.29 is 0 Å². The van der Waals surface area contributed by atoms with Gasteiger partial charge in [-0.05, 0) is 24.3 Å². The molecule has 7 heteroatoms. The van der Waals surface area contributed by atoms with Crippen molar-refractivity contribution in [3.8, 4) is 0 Å². The molecule has 5 nitrogen and oxygen atoms in total. The van der Waals surface area contributed by atoms with Gasteiger partial charge in [0.2, 0.25) is 0 Å². The van der Waals surface area contributed by atoms with E-state index in [9.17, 15) is 4.79 Å². The van der Waals surface area contributed by atoms with Gasteiger partial charge in [-0.2, -0.15) is 0 Å². The highest BCUT2D eigenvalue weighted by Gasteiger charge is 2.25. The van der Waals surface area contributed by atoms with Gasteiger partial charge in [-0.3, -0.25) is 4.79 Å². The third-order valence-electron chi connectivity index (χ3n) is 3.28. The van der Waals surface area contributed by atoms with Crippen LogP contribution in [0.2, 0.25) is 0 Å². The fourth-order valence-electron chi connectivity index (χ4n) is 2.16. The summed E-state index contributed by atoms with van der Waals surface area (Å²) in [7, 11) is 0. The molecule has 1 aliphatic carbocycles. The maximum absolute atomic E-state index is 11.9. The summed E-state index contributed by atoms with van der Waals surface area (Å²) in [5, 5.41) is 2.89. The molecule has 0 bridgehead atoms. The molecule has 1 N–H and O–H groups in total. The van der Waals surface area contributed by atoms with Gasteiger partial charge < -0.3 is 9.55 Å². The molecule has 3 aromatic heterocycles. The molecule has 20 heavy (non-hydrogen) atoms. The number of imidazole rings is 1. The van der Waals surface area contributed by atoms with Gasteiger partial charge in [-0.15, -0.1) is 11.3 Å². The van der Waals surface area contributed by atoms with Crippen LogP contribution in [0.25, 0.3) is 10.2 Å². The largest absolute Gasteiger partial charge is 0.323 e. The molecule has 1 saturated carbocycles. The minimum atomic E-state index is -0.0499. The van der Waals surface area contributed by atoms with Crippen LogP contribution in [0.3, 0.4) is 0 Å². The molecule has 0 aliphatic heterocycles. The normalized spacial score (nSPS) is 15.0. The fourth-order valence-corrected chi connectivity index (χ4v) is 3.79. The number of nitrogens with one attached hydrogen (secondary N) is 1. The van der Waals surface area contributed by atoms with Gasteiger partial charge in [0.15, 0.2) is 5.16 Å². The predicted molar refractivity (Wildman–Crippen MR) is 80.3 cm³/mol. The van der Waals surface area contributed by atoms with Crippen molar-refractivity contribution in [1.29, 1.82) is 0 Å². The van der Waals surface area contributed by atoms with E-state index in [4.69, 9.17) is 0 Å². The van der Waals surface area contributed by atoms with Gasteiger partial charge in [-0.1, -0.05) is 11.8 Å². The Morgan fingerprint density at radius 2 is 2.40 bits per heavy atom. The van der Waals surface area contributed by atoms with Crippen molar-refractivity contribution in [2.24, 2.45) is 0 Å². The molecular weight excluding hydrogens is 292 g/mol. The quantitative estimate of drug-likeness (QED) is 0.753. The second-order valence-corrected chi connectivity index (χ2v) is 6.64. The Hall–Kier alpha value is -1.60. The first-order chi connectivity index (χ1) is 9.81. The van der Waals surface area contributed by atoms with Crippen molar-refractivity contribution in [3.63, 3.8) is 0 Å². The molecule has 1 fully saturated rings. The molecule has 3 heterocycles. The molecule has 0 saturated heterocycles. The Morgan fingerprint density at radius 3 is 3.25 bits per heavy atom. The Balaban J connectivity index is 1.58. The molecule has 3 aromatic rings. The maximum atomic E-state index is 11.9. The minimum Gasteiger partial charge on any atom is -0.323 e. The van der Waals surface area contributed by atoms with Gasteiger partial charge >= 0.3 is 0 Å². The van der Waals surface area contributed by atoms with Crippen LogP contribution in [0.15, 0.2) is 33.8 Å². The monoisotopic (exact) mass is 304 g/mol. The number of thioether (sulfide) groups is 1. The number of nitrogens with zero attached hydrogens (tertiary/aromatic N) is 3. The van der Waals surface area contributed by atoms with Gasteiger partial charge in [0, 0.05) is 18.4 Å². The molecule has 1 aliphatic rings. The van der Waals surface area contributed by atoms with Gasteiger partial charge in [-0.25, -0.2) is 9.97 Å². The zero-order chi connectivity index (χ0) is 13.5. The lowest BCUT2D eigenvalue weighted by atomic mass is 10.4. The smallest absolute Gasteiger partial charge is 0.268 e. The lowest BCUT2D eigenvalue weighted by molar-refractivity contribution is 0.662. The van der Waals surface area contributed by atoms with Crippen LogP contribution < -0.4 is 5.56 Å².